The Kier molecular flexibility index (Phi) is 6.52. The molecule has 0 saturated heterocycles. The lowest BCUT2D eigenvalue weighted by Gasteiger charge is -2.13. The van der Waals surface area contributed by atoms with E-state index in [9.17, 15) is 13.2 Å². The molecule has 1 heterocycles. The van der Waals surface area contributed by atoms with Gasteiger partial charge in [0.05, 0.1) is 8.96 Å². The highest BCUT2D eigenvalue weighted by atomic mass is 79.9. The minimum atomic E-state index is -4.53. The van der Waals surface area contributed by atoms with E-state index >= 15 is 0 Å². The molecule has 146 valence electrons. The van der Waals surface area contributed by atoms with Gasteiger partial charge in [0.1, 0.15) is 23.1 Å². The van der Waals surface area contributed by atoms with Crippen LogP contribution in [0.15, 0.2) is 58.1 Å². The molecule has 1 aromatic heterocycles. The zero-order valence-corrected chi connectivity index (χ0v) is 17.9. The summed E-state index contributed by atoms with van der Waals surface area (Å²) in [6, 6.07) is 11.5. The van der Waals surface area contributed by atoms with Crippen LogP contribution < -0.4 is 9.47 Å². The molecule has 28 heavy (non-hydrogen) atoms. The lowest BCUT2D eigenvalue weighted by Crippen LogP contribution is -2.05. The number of rotatable bonds is 5. The number of ether oxygens (including phenoxy) is 2. The van der Waals surface area contributed by atoms with Crippen molar-refractivity contribution in [3.63, 3.8) is 0 Å². The topological polar surface area (TPSA) is 31.4 Å². The molecule has 0 spiro atoms. The van der Waals surface area contributed by atoms with Gasteiger partial charge in [0, 0.05) is 17.0 Å². The number of nitrogens with zero attached hydrogens (tertiary/aromatic N) is 1. The van der Waals surface area contributed by atoms with E-state index in [2.05, 4.69) is 36.8 Å². The molecular formula is C19H11Br2ClF3NO2. The summed E-state index contributed by atoms with van der Waals surface area (Å²) in [4.78, 5) is 3.71. The summed E-state index contributed by atoms with van der Waals surface area (Å²) in [7, 11) is 0. The molecule has 0 radical (unpaired) electrons. The summed E-state index contributed by atoms with van der Waals surface area (Å²) < 4.78 is 50.5. The van der Waals surface area contributed by atoms with Gasteiger partial charge in [-0.2, -0.15) is 13.2 Å². The third-order valence-corrected chi connectivity index (χ3v) is 4.58. The van der Waals surface area contributed by atoms with Crippen LogP contribution in [0.25, 0.3) is 10.8 Å². The fourth-order valence-corrected chi connectivity index (χ4v) is 2.88. The summed E-state index contributed by atoms with van der Waals surface area (Å²) in [5, 5.41) is 1.26. The van der Waals surface area contributed by atoms with E-state index in [1.54, 1.807) is 18.2 Å². The number of aromatic nitrogens is 1. The number of hydrogen-bond donors (Lipinski definition) is 0. The maximum absolute atomic E-state index is 12.8. The molecule has 9 heteroatoms. The van der Waals surface area contributed by atoms with Crippen molar-refractivity contribution in [1.29, 1.82) is 0 Å². The smallest absolute Gasteiger partial charge is 0.417 e. The maximum atomic E-state index is 12.8. The van der Waals surface area contributed by atoms with Crippen molar-refractivity contribution in [3.05, 3.63) is 68.7 Å². The Bertz CT molecular complexity index is 1040. The average molecular weight is 538 g/mol. The van der Waals surface area contributed by atoms with Gasteiger partial charge in [-0.3, -0.25) is 0 Å². The fraction of sp³-hybridized carbons (Fsp3) is 0.105. The van der Waals surface area contributed by atoms with Gasteiger partial charge in [0.15, 0.2) is 0 Å². The molecule has 0 saturated carbocycles. The predicted molar refractivity (Wildman–Crippen MR) is 110 cm³/mol. The summed E-state index contributed by atoms with van der Waals surface area (Å²) >= 11 is 12.5. The average Bonchev–Trinajstić information content (AvgIpc) is 2.63. The first-order chi connectivity index (χ1) is 13.3. The Morgan fingerprint density at radius 2 is 1.71 bits per heavy atom. The molecule has 0 aliphatic heterocycles. The van der Waals surface area contributed by atoms with E-state index in [-0.39, 0.29) is 10.9 Å². The largest absolute Gasteiger partial charge is 0.489 e. The molecule has 2 aromatic carbocycles. The van der Waals surface area contributed by atoms with Crippen molar-refractivity contribution in [3.8, 4) is 17.4 Å². The van der Waals surface area contributed by atoms with E-state index in [1.807, 2.05) is 24.3 Å². The van der Waals surface area contributed by atoms with Crippen molar-refractivity contribution in [1.82, 2.24) is 4.98 Å². The number of halogens is 6. The van der Waals surface area contributed by atoms with E-state index in [4.69, 9.17) is 21.1 Å². The summed E-state index contributed by atoms with van der Waals surface area (Å²) in [6.07, 6.45) is -2.05. The highest BCUT2D eigenvalue weighted by molar-refractivity contribution is 9.28. The Balaban J connectivity index is 1.93. The molecule has 0 bridgehead atoms. The molecule has 0 aliphatic carbocycles. The zero-order valence-electron chi connectivity index (χ0n) is 13.9. The monoisotopic (exact) mass is 535 g/mol. The lowest BCUT2D eigenvalue weighted by molar-refractivity contribution is -0.137. The predicted octanol–water partition coefficient (Wildman–Crippen LogP) is 7.71. The molecule has 0 aliphatic rings. The normalized spacial score (nSPS) is 11.4. The highest BCUT2D eigenvalue weighted by Gasteiger charge is 2.31. The van der Waals surface area contributed by atoms with Gasteiger partial charge in [-0.1, -0.05) is 35.9 Å². The van der Waals surface area contributed by atoms with Gasteiger partial charge in [-0.15, -0.1) is 0 Å². The third-order valence-electron chi connectivity index (χ3n) is 3.66. The van der Waals surface area contributed by atoms with Crippen LogP contribution >= 0.6 is 43.5 Å². The van der Waals surface area contributed by atoms with Crippen molar-refractivity contribution < 1.29 is 22.6 Å². The van der Waals surface area contributed by atoms with Crippen LogP contribution in [-0.4, -0.2) is 11.6 Å². The maximum Gasteiger partial charge on any atom is 0.417 e. The van der Waals surface area contributed by atoms with Gasteiger partial charge in [0.2, 0.25) is 5.88 Å². The van der Waals surface area contributed by atoms with Gasteiger partial charge < -0.3 is 9.47 Å². The van der Waals surface area contributed by atoms with Crippen LogP contribution in [0.5, 0.6) is 17.4 Å². The van der Waals surface area contributed by atoms with E-state index in [0.29, 0.717) is 29.7 Å². The quantitative estimate of drug-likeness (QED) is 0.334. The third kappa shape index (κ3) is 4.98. The lowest BCUT2D eigenvalue weighted by atomic mass is 10.1. The van der Waals surface area contributed by atoms with Gasteiger partial charge >= 0.3 is 6.18 Å². The second-order valence-corrected chi connectivity index (χ2v) is 8.70. The van der Waals surface area contributed by atoms with Gasteiger partial charge in [-0.05, 0) is 56.1 Å². The standard InChI is InChI=1S/C19H11Br2ClF3NO2/c20-17(21)7-8-27-15-5-6-16(13-4-2-1-3-12(13)15)28-18-14(22)9-11(10-26-18)19(23,24)25/h1-7,9-10H,8H2. The second-order valence-electron chi connectivity index (χ2n) is 5.52. The molecule has 3 rings (SSSR count). The van der Waals surface area contributed by atoms with Crippen LogP contribution in [-0.2, 0) is 6.18 Å². The fourth-order valence-electron chi connectivity index (χ4n) is 2.41. The highest BCUT2D eigenvalue weighted by Crippen LogP contribution is 2.38. The molecule has 0 unspecified atom stereocenters. The number of pyridine rings is 1. The van der Waals surface area contributed by atoms with E-state index < -0.39 is 11.7 Å². The van der Waals surface area contributed by atoms with Crippen molar-refractivity contribution in [2.75, 3.05) is 6.61 Å². The second kappa shape index (κ2) is 8.71. The first-order valence-electron chi connectivity index (χ1n) is 7.82. The molecule has 0 amide bonds. The van der Waals surface area contributed by atoms with Crippen molar-refractivity contribution >= 4 is 54.2 Å². The number of alkyl halides is 3. The summed E-state index contributed by atoms with van der Waals surface area (Å²) in [5.41, 5.74) is -0.940. The minimum Gasteiger partial charge on any atom is -0.489 e. The van der Waals surface area contributed by atoms with Crippen LogP contribution in [0.1, 0.15) is 5.56 Å². The van der Waals surface area contributed by atoms with Crippen LogP contribution in [0.4, 0.5) is 13.2 Å². The summed E-state index contributed by atoms with van der Waals surface area (Å²) in [5.74, 6) is 0.917. The number of hydrogen-bond acceptors (Lipinski definition) is 3. The first kappa shape index (κ1) is 21.0. The number of benzene rings is 2. The zero-order chi connectivity index (χ0) is 20.3. The molecule has 0 N–H and O–H groups in total. The SMILES string of the molecule is FC(F)(F)c1cnc(Oc2ccc(OCC=C(Br)Br)c3ccccc23)c(Cl)c1. The van der Waals surface area contributed by atoms with Crippen molar-refractivity contribution in [2.24, 2.45) is 0 Å². The van der Waals surface area contributed by atoms with Crippen LogP contribution in [0.2, 0.25) is 5.02 Å². The Labute approximate surface area is 180 Å². The van der Waals surface area contributed by atoms with Gasteiger partial charge in [-0.25, -0.2) is 4.98 Å². The van der Waals surface area contributed by atoms with Gasteiger partial charge in [0.25, 0.3) is 0 Å². The molecule has 3 aromatic rings. The molecule has 0 atom stereocenters. The Hall–Kier alpha value is -1.77. The molecular weight excluding hydrogens is 526 g/mol. The van der Waals surface area contributed by atoms with E-state index in [0.717, 1.165) is 14.8 Å². The molecule has 3 nitrogen and oxygen atoms in total. The minimum absolute atomic E-state index is 0.111. The Morgan fingerprint density at radius 3 is 2.32 bits per heavy atom. The van der Waals surface area contributed by atoms with Crippen LogP contribution in [0, 0.1) is 0 Å². The first-order valence-corrected chi connectivity index (χ1v) is 9.78. The van der Waals surface area contributed by atoms with Crippen molar-refractivity contribution in [2.45, 2.75) is 6.18 Å². The van der Waals surface area contributed by atoms with E-state index in [1.165, 1.54) is 0 Å². The van der Waals surface area contributed by atoms with Crippen LogP contribution in [0.3, 0.4) is 0 Å². The summed E-state index contributed by atoms with van der Waals surface area (Å²) in [6.45, 7) is 0.336. The Morgan fingerprint density at radius 1 is 1.07 bits per heavy atom. The number of fused-ring (bicyclic) bond motifs is 1. The molecule has 0 fully saturated rings.